The van der Waals surface area contributed by atoms with Crippen LogP contribution in [0.5, 0.6) is 5.75 Å². The zero-order chi connectivity index (χ0) is 18.8. The van der Waals surface area contributed by atoms with Crippen LogP contribution < -0.4 is 4.74 Å². The summed E-state index contributed by atoms with van der Waals surface area (Å²) in [5.41, 5.74) is 6.67. The Bertz CT molecular complexity index is 1020. The Morgan fingerprint density at radius 2 is 2.00 bits per heavy atom. The number of nitrogens with zero attached hydrogens (tertiary/aromatic N) is 2. The van der Waals surface area contributed by atoms with Crippen molar-refractivity contribution in [3.63, 3.8) is 0 Å². The zero-order valence-corrected chi connectivity index (χ0v) is 15.9. The normalized spacial score (nSPS) is 13.2. The van der Waals surface area contributed by atoms with E-state index in [1.165, 1.54) is 0 Å². The summed E-state index contributed by atoms with van der Waals surface area (Å²) in [5.74, 6) is 0.643. The minimum atomic E-state index is -0.0157. The van der Waals surface area contributed by atoms with Gasteiger partial charge in [-0.1, -0.05) is 6.07 Å². The van der Waals surface area contributed by atoms with E-state index in [9.17, 15) is 4.79 Å². The highest BCUT2D eigenvalue weighted by molar-refractivity contribution is 7.11. The molecule has 0 atom stereocenters. The number of carbonyl (C=O) groups is 1. The van der Waals surface area contributed by atoms with Crippen LogP contribution in [0.3, 0.4) is 0 Å². The monoisotopic (exact) mass is 378 g/mol. The lowest BCUT2D eigenvalue weighted by atomic mass is 9.99. The molecule has 0 unspecified atom stereocenters. The highest BCUT2D eigenvalue weighted by Crippen LogP contribution is 2.44. The van der Waals surface area contributed by atoms with Gasteiger partial charge >= 0.3 is 0 Å². The fourth-order valence-electron chi connectivity index (χ4n) is 3.21. The van der Waals surface area contributed by atoms with Crippen LogP contribution >= 0.6 is 11.3 Å². The first-order valence-electron chi connectivity index (χ1n) is 8.56. The average Bonchev–Trinajstić information content (AvgIpc) is 3.23. The molecule has 0 spiro atoms. The van der Waals surface area contributed by atoms with E-state index in [1.54, 1.807) is 30.8 Å². The SMILES string of the molecule is COCCOc1ccc2c(c1)C(=O)C(c1cccnc1)=C2c1scnc1C. The first-order chi connectivity index (χ1) is 13.2. The van der Waals surface area contributed by atoms with Crippen LogP contribution in [-0.4, -0.2) is 36.1 Å². The number of hydrogen-bond donors (Lipinski definition) is 0. The highest BCUT2D eigenvalue weighted by Gasteiger charge is 2.33. The third kappa shape index (κ3) is 3.18. The van der Waals surface area contributed by atoms with Crippen molar-refractivity contribution in [2.75, 3.05) is 20.3 Å². The maximum absolute atomic E-state index is 13.3. The van der Waals surface area contributed by atoms with E-state index in [-0.39, 0.29) is 5.78 Å². The van der Waals surface area contributed by atoms with Crippen molar-refractivity contribution in [3.8, 4) is 5.75 Å². The Kier molecular flexibility index (Phi) is 4.83. The molecule has 5 nitrogen and oxygen atoms in total. The third-order valence-electron chi connectivity index (χ3n) is 4.46. The van der Waals surface area contributed by atoms with Crippen molar-refractivity contribution >= 4 is 28.3 Å². The minimum absolute atomic E-state index is 0.0157. The number of aromatic nitrogens is 2. The lowest BCUT2D eigenvalue weighted by Gasteiger charge is -2.09. The number of fused-ring (bicyclic) bond motifs is 1. The molecule has 2 heterocycles. The summed E-state index contributed by atoms with van der Waals surface area (Å²) in [6.07, 6.45) is 3.43. The Hall–Kier alpha value is -2.83. The first kappa shape index (κ1) is 17.6. The third-order valence-corrected chi connectivity index (χ3v) is 5.41. The molecule has 1 aromatic carbocycles. The van der Waals surface area contributed by atoms with Gasteiger partial charge in [0.1, 0.15) is 12.4 Å². The molecule has 0 saturated heterocycles. The van der Waals surface area contributed by atoms with Crippen molar-refractivity contribution in [3.05, 3.63) is 75.5 Å². The molecule has 0 N–H and O–H groups in total. The number of methoxy groups -OCH3 is 1. The number of hydrogen-bond acceptors (Lipinski definition) is 6. The van der Waals surface area contributed by atoms with E-state index in [1.807, 2.05) is 42.8 Å². The molecule has 3 aromatic rings. The van der Waals surface area contributed by atoms with Gasteiger partial charge in [0.25, 0.3) is 0 Å². The minimum Gasteiger partial charge on any atom is -0.491 e. The van der Waals surface area contributed by atoms with Crippen LogP contribution in [0, 0.1) is 6.92 Å². The molecule has 27 heavy (non-hydrogen) atoms. The van der Waals surface area contributed by atoms with Gasteiger partial charge < -0.3 is 9.47 Å². The number of thiazole rings is 1. The second kappa shape index (κ2) is 7.42. The molecular weight excluding hydrogens is 360 g/mol. The molecule has 136 valence electrons. The predicted octanol–water partition coefficient (Wildman–Crippen LogP) is 4.03. The number of pyridine rings is 1. The van der Waals surface area contributed by atoms with E-state index in [2.05, 4.69) is 9.97 Å². The van der Waals surface area contributed by atoms with Gasteiger partial charge in [0.2, 0.25) is 0 Å². The molecular formula is C21H18N2O3S. The average molecular weight is 378 g/mol. The Balaban J connectivity index is 1.84. The summed E-state index contributed by atoms with van der Waals surface area (Å²) in [6.45, 7) is 2.90. The summed E-state index contributed by atoms with van der Waals surface area (Å²) in [6, 6.07) is 9.41. The van der Waals surface area contributed by atoms with Crippen LogP contribution in [0.4, 0.5) is 0 Å². The first-order valence-corrected chi connectivity index (χ1v) is 9.44. The fraction of sp³-hybridized carbons (Fsp3) is 0.190. The topological polar surface area (TPSA) is 61.3 Å². The molecule has 0 saturated carbocycles. The van der Waals surface area contributed by atoms with Gasteiger partial charge in [0.05, 0.1) is 22.7 Å². The summed E-state index contributed by atoms with van der Waals surface area (Å²) in [7, 11) is 1.63. The molecule has 1 aliphatic rings. The van der Waals surface area contributed by atoms with Gasteiger partial charge in [-0.05, 0) is 36.8 Å². The lowest BCUT2D eigenvalue weighted by molar-refractivity contribution is 0.105. The van der Waals surface area contributed by atoms with Gasteiger partial charge in [-0.15, -0.1) is 11.3 Å². The van der Waals surface area contributed by atoms with Crippen molar-refractivity contribution in [2.45, 2.75) is 6.92 Å². The highest BCUT2D eigenvalue weighted by atomic mass is 32.1. The lowest BCUT2D eigenvalue weighted by Crippen LogP contribution is -2.05. The fourth-order valence-corrected chi connectivity index (χ4v) is 4.08. The molecule has 0 fully saturated rings. The molecule has 0 amide bonds. The summed E-state index contributed by atoms with van der Waals surface area (Å²) in [5, 5.41) is 0. The number of Topliss-reactive ketones (excluding diaryl/α,β-unsaturated/α-hetero) is 1. The van der Waals surface area contributed by atoms with Gasteiger partial charge in [-0.2, -0.15) is 0 Å². The largest absolute Gasteiger partial charge is 0.491 e. The molecule has 0 radical (unpaired) electrons. The molecule has 0 bridgehead atoms. The van der Waals surface area contributed by atoms with Gasteiger partial charge in [0.15, 0.2) is 5.78 Å². The Morgan fingerprint density at radius 1 is 1.11 bits per heavy atom. The summed E-state index contributed by atoms with van der Waals surface area (Å²) < 4.78 is 10.7. The molecule has 6 heteroatoms. The number of allylic oxidation sites excluding steroid dienone is 1. The molecule has 4 rings (SSSR count). The van der Waals surface area contributed by atoms with E-state index < -0.39 is 0 Å². The second-order valence-corrected chi connectivity index (χ2v) is 6.99. The maximum atomic E-state index is 13.3. The zero-order valence-electron chi connectivity index (χ0n) is 15.1. The number of rotatable bonds is 6. The van der Waals surface area contributed by atoms with Gasteiger partial charge in [-0.3, -0.25) is 9.78 Å². The van der Waals surface area contributed by atoms with Gasteiger partial charge in [-0.25, -0.2) is 4.98 Å². The second-order valence-electron chi connectivity index (χ2n) is 6.14. The molecule has 1 aliphatic carbocycles. The number of ketones is 1. The number of ether oxygens (including phenoxy) is 2. The smallest absolute Gasteiger partial charge is 0.195 e. The van der Waals surface area contributed by atoms with Crippen LogP contribution in [-0.2, 0) is 4.74 Å². The molecule has 0 aliphatic heterocycles. The standard InChI is InChI=1S/C21H18N2O3S/c1-13-21(27-12-23-13)19-16-6-5-15(26-9-8-25-2)10-17(16)20(24)18(19)14-4-3-7-22-11-14/h3-7,10-12H,8-9H2,1-2H3. The summed E-state index contributed by atoms with van der Waals surface area (Å²) in [4.78, 5) is 22.9. The van der Waals surface area contributed by atoms with Crippen LogP contribution in [0.1, 0.15) is 32.1 Å². The van der Waals surface area contributed by atoms with Crippen molar-refractivity contribution in [2.24, 2.45) is 0 Å². The summed E-state index contributed by atoms with van der Waals surface area (Å²) >= 11 is 1.54. The Labute approximate surface area is 161 Å². The van der Waals surface area contributed by atoms with Crippen molar-refractivity contribution in [1.29, 1.82) is 0 Å². The van der Waals surface area contributed by atoms with E-state index in [0.717, 1.165) is 27.3 Å². The van der Waals surface area contributed by atoms with Gasteiger partial charge in [0, 0.05) is 41.8 Å². The number of carbonyl (C=O) groups excluding carboxylic acids is 1. The van der Waals surface area contributed by atoms with Crippen LogP contribution in [0.15, 0.2) is 48.2 Å². The Morgan fingerprint density at radius 3 is 2.70 bits per heavy atom. The predicted molar refractivity (Wildman–Crippen MR) is 105 cm³/mol. The quantitative estimate of drug-likeness (QED) is 0.606. The van der Waals surface area contributed by atoms with Crippen molar-refractivity contribution in [1.82, 2.24) is 9.97 Å². The number of aryl methyl sites for hydroxylation is 1. The van der Waals surface area contributed by atoms with Crippen LogP contribution in [0.2, 0.25) is 0 Å². The maximum Gasteiger partial charge on any atom is 0.195 e. The number of benzene rings is 1. The molecule has 2 aromatic heterocycles. The van der Waals surface area contributed by atoms with E-state index in [4.69, 9.17) is 9.47 Å². The van der Waals surface area contributed by atoms with Crippen LogP contribution in [0.25, 0.3) is 11.1 Å². The van der Waals surface area contributed by atoms with E-state index >= 15 is 0 Å². The van der Waals surface area contributed by atoms with Crippen molar-refractivity contribution < 1.29 is 14.3 Å². The van der Waals surface area contributed by atoms with E-state index in [0.29, 0.717) is 30.1 Å².